The van der Waals surface area contributed by atoms with Crippen LogP contribution >= 0.6 is 22.7 Å². The highest BCUT2D eigenvalue weighted by Gasteiger charge is 2.38. The summed E-state index contributed by atoms with van der Waals surface area (Å²) in [4.78, 5) is 40.0. The van der Waals surface area contributed by atoms with Crippen LogP contribution < -0.4 is 0 Å². The van der Waals surface area contributed by atoms with Gasteiger partial charge in [-0.1, -0.05) is 335 Å². The van der Waals surface area contributed by atoms with Gasteiger partial charge in [-0.25, -0.2) is 39.9 Å². The van der Waals surface area contributed by atoms with Gasteiger partial charge in [-0.05, 0) is 121 Å². The van der Waals surface area contributed by atoms with Crippen LogP contribution in [0.15, 0.2) is 288 Å². The van der Waals surface area contributed by atoms with Crippen LogP contribution in [-0.4, -0.2) is 39.9 Å². The molecule has 0 bridgehead atoms. The average molecular weight is 1600 g/mol. The summed E-state index contributed by atoms with van der Waals surface area (Å²) in [5.74, 6) is 3.43. The normalized spacial score (nSPS) is 13.5. The largest absolute Gasteiger partial charge is 0.452 e. The number of fused-ring (bicyclic) bond motifs is 19. The summed E-state index contributed by atoms with van der Waals surface area (Å²) in [6.07, 6.45) is 0. The monoisotopic (exact) mass is 1600 g/mol. The number of thiophene rings is 2. The summed E-state index contributed by atoms with van der Waals surface area (Å²) in [5.41, 5.74) is 27.9. The Hall–Kier alpha value is -12.7. The van der Waals surface area contributed by atoms with Crippen LogP contribution in [-0.2, 0) is 32.5 Å². The molecule has 12 heteroatoms. The van der Waals surface area contributed by atoms with Crippen LogP contribution in [0.1, 0.15) is 156 Å². The van der Waals surface area contributed by atoms with Crippen LogP contribution in [0.5, 0.6) is 0 Å². The highest BCUT2D eigenvalue weighted by Crippen LogP contribution is 2.53. The zero-order valence-corrected chi connectivity index (χ0v) is 72.4. The lowest BCUT2D eigenvalue weighted by molar-refractivity contribution is 0.547. The highest BCUT2D eigenvalue weighted by molar-refractivity contribution is 7.26. The molecule has 2 aliphatic carbocycles. The van der Waals surface area contributed by atoms with E-state index in [1.165, 1.54) is 96.8 Å². The van der Waals surface area contributed by atoms with Crippen molar-refractivity contribution in [1.29, 1.82) is 0 Å². The van der Waals surface area contributed by atoms with Gasteiger partial charge >= 0.3 is 0 Å². The lowest BCUT2D eigenvalue weighted by Gasteiger charge is -2.21. The zero-order valence-electron chi connectivity index (χ0n) is 70.8. The van der Waals surface area contributed by atoms with E-state index in [9.17, 15) is 0 Å². The Labute approximate surface area is 708 Å². The number of hydrogen-bond donors (Lipinski definition) is 0. The Morgan fingerprint density at radius 3 is 1.04 bits per heavy atom. The van der Waals surface area contributed by atoms with Crippen LogP contribution in [0.3, 0.4) is 0 Å². The van der Waals surface area contributed by atoms with Crippen molar-refractivity contribution in [3.8, 4) is 78.4 Å². The number of aromatic nitrogens is 8. The van der Waals surface area contributed by atoms with E-state index in [1.54, 1.807) is 22.7 Å². The predicted octanol–water partition coefficient (Wildman–Crippen LogP) is 29.7. The van der Waals surface area contributed by atoms with E-state index in [1.807, 2.05) is 42.5 Å². The zero-order chi connectivity index (χ0) is 83.1. The smallest absolute Gasteiger partial charge is 0.180 e. The highest BCUT2D eigenvalue weighted by atomic mass is 32.1. The molecule has 0 radical (unpaired) electrons. The number of hydrogen-bond acceptors (Lipinski definition) is 12. The minimum atomic E-state index is -0.174. The fourth-order valence-corrected chi connectivity index (χ4v) is 19.3. The number of rotatable bonds is 5. The molecule has 8 heterocycles. The number of nitrogens with zero attached hydrogens (tertiary/aromatic N) is 8. The van der Waals surface area contributed by atoms with Gasteiger partial charge in [0.25, 0.3) is 0 Å². The third-order valence-corrected chi connectivity index (χ3v) is 25.9. The molecule has 0 unspecified atom stereocenters. The summed E-state index contributed by atoms with van der Waals surface area (Å²) in [5, 5.41) is 6.89. The second-order valence-corrected chi connectivity index (χ2v) is 39.2. The molecule has 0 aliphatic heterocycles. The van der Waals surface area contributed by atoms with Crippen LogP contribution in [0, 0.1) is 0 Å². The summed E-state index contributed by atoms with van der Waals surface area (Å²) in [7, 11) is 0. The van der Waals surface area contributed by atoms with Crippen molar-refractivity contribution in [2.24, 2.45) is 0 Å². The van der Waals surface area contributed by atoms with E-state index in [4.69, 9.17) is 48.7 Å². The Bertz CT molecular complexity index is 7230. The summed E-state index contributed by atoms with van der Waals surface area (Å²) >= 11 is 3.57. The maximum absolute atomic E-state index is 6.31. The number of benzene rings is 12. The summed E-state index contributed by atoms with van der Waals surface area (Å²) < 4.78 is 17.3. The molecular weight excluding hydrogens is 1510 g/mol. The second-order valence-electron chi connectivity index (χ2n) is 37.1. The Morgan fingerprint density at radius 1 is 0.250 bits per heavy atom. The molecule has 120 heavy (non-hydrogen) atoms. The third kappa shape index (κ3) is 13.7. The second kappa shape index (κ2) is 29.1. The van der Waals surface area contributed by atoms with E-state index in [-0.39, 0.29) is 32.5 Å². The molecule has 0 saturated carbocycles. The number of furan rings is 2. The maximum Gasteiger partial charge on any atom is 0.180 e. The van der Waals surface area contributed by atoms with Gasteiger partial charge in [0.15, 0.2) is 11.2 Å². The lowest BCUT2D eigenvalue weighted by Crippen LogP contribution is -2.16. The SMILES string of the molecule is CC(C)(C)c1nc(-c2ccc(-c3ccccc3)cc2)c2sc3ccccc3c2n1.CC(C)(C)c1nc(-c2ccc3c(c2)-c2ccccc2C3(C)C)c2oc3ccccc3c2n1.CC(C)(C)c1nc(-c2ccc3c(c2)-c2ccccc2C3(C)C)c2sc3ccccc3c2n1.CC(C)(C)c1nc(-c2ccc3ccccc3c2)c2oc3ccccc3c2n1. The van der Waals surface area contributed by atoms with Crippen molar-refractivity contribution in [3.63, 3.8) is 0 Å². The van der Waals surface area contributed by atoms with E-state index in [0.29, 0.717) is 0 Å². The third-order valence-electron chi connectivity index (χ3n) is 23.6. The first-order valence-electron chi connectivity index (χ1n) is 41.4. The molecule has 0 spiro atoms. The minimum Gasteiger partial charge on any atom is -0.452 e. The Kier molecular flexibility index (Phi) is 18.7. The van der Waals surface area contributed by atoms with Gasteiger partial charge in [-0.3, -0.25) is 0 Å². The molecule has 0 atom stereocenters. The summed E-state index contributed by atoms with van der Waals surface area (Å²) in [6, 6.07) is 98.4. The van der Waals surface area contributed by atoms with Gasteiger partial charge in [0, 0.05) is 85.7 Å². The first-order chi connectivity index (χ1) is 57.5. The fraction of sp³-hybridized carbons (Fsp3) is 0.204. The lowest BCUT2D eigenvalue weighted by atomic mass is 9.82. The first kappa shape index (κ1) is 77.2. The van der Waals surface area contributed by atoms with Crippen molar-refractivity contribution in [2.75, 3.05) is 0 Å². The van der Waals surface area contributed by atoms with E-state index in [0.717, 1.165) is 123 Å². The van der Waals surface area contributed by atoms with Crippen molar-refractivity contribution in [3.05, 3.63) is 325 Å². The van der Waals surface area contributed by atoms with Crippen LogP contribution in [0.25, 0.3) is 174 Å². The van der Waals surface area contributed by atoms with Crippen molar-refractivity contribution >= 4 is 118 Å². The van der Waals surface area contributed by atoms with E-state index < -0.39 is 0 Å². The Balaban J connectivity index is 0.000000106. The predicted molar refractivity (Wildman–Crippen MR) is 503 cm³/mol. The Morgan fingerprint density at radius 2 is 0.575 bits per heavy atom. The molecule has 590 valence electrons. The summed E-state index contributed by atoms with van der Waals surface area (Å²) in [6.45, 7) is 35.2. The molecule has 12 aromatic carbocycles. The van der Waals surface area contributed by atoms with Crippen molar-refractivity contribution < 1.29 is 8.83 Å². The number of para-hydroxylation sites is 2. The molecule has 8 aromatic heterocycles. The molecule has 0 saturated heterocycles. The van der Waals surface area contributed by atoms with E-state index in [2.05, 4.69) is 347 Å². The van der Waals surface area contributed by atoms with Gasteiger partial charge in [0.05, 0.1) is 31.8 Å². The molecule has 0 amide bonds. The molecule has 22 rings (SSSR count). The van der Waals surface area contributed by atoms with Gasteiger partial charge in [0.2, 0.25) is 0 Å². The van der Waals surface area contributed by atoms with Gasteiger partial charge in [-0.15, -0.1) is 22.7 Å². The molecule has 2 aliphatic rings. The quantitative estimate of drug-likeness (QED) is 0.164. The molecule has 0 fully saturated rings. The van der Waals surface area contributed by atoms with Crippen molar-refractivity contribution in [1.82, 2.24) is 39.9 Å². The topological polar surface area (TPSA) is 129 Å². The first-order valence-corrected chi connectivity index (χ1v) is 43.1. The van der Waals surface area contributed by atoms with Gasteiger partial charge in [0.1, 0.15) is 56.9 Å². The van der Waals surface area contributed by atoms with Crippen molar-refractivity contribution in [2.45, 2.75) is 143 Å². The standard InChI is InChI=1S/C29H26N2O.C29H26N2S.C26H22N2S.C24H20N2O/c2*1-28(2,3)27-30-24(26-25(31-27)19-11-7-9-13-23(19)32-26)17-14-15-22-20(16-17)18-10-6-8-12-21(18)29(22,4)5;1-26(2,3)25-27-22(24-23(28-25)20-11-7-8-12-21(20)29-24)19-15-13-18(14-16-19)17-9-5-4-6-10-17;1-24(2,3)23-25-20(17-13-12-15-8-4-5-9-16(15)14-17)22-21(26-23)18-10-6-7-11-19(18)27-22/h2*6-16H,1-5H3;4-16H,1-3H3;4-14H,1-3H3. The molecule has 10 nitrogen and oxygen atoms in total. The maximum atomic E-state index is 6.31. The van der Waals surface area contributed by atoms with Gasteiger partial charge < -0.3 is 8.83 Å². The average Bonchev–Trinajstić information content (AvgIpc) is 1.57. The fourth-order valence-electron chi connectivity index (χ4n) is 17.0. The van der Waals surface area contributed by atoms with Crippen LogP contribution in [0.2, 0.25) is 0 Å². The van der Waals surface area contributed by atoms with E-state index >= 15 is 0 Å². The molecule has 20 aromatic rings. The van der Waals surface area contributed by atoms with Crippen LogP contribution in [0.4, 0.5) is 0 Å². The molecule has 0 N–H and O–H groups in total. The minimum absolute atomic E-state index is 0.0125. The molecular formula is C108H94N8O2S2. The van der Waals surface area contributed by atoms with Gasteiger partial charge in [-0.2, -0.15) is 0 Å².